The third-order valence-corrected chi connectivity index (χ3v) is 7.10. The zero-order valence-corrected chi connectivity index (χ0v) is 16.7. The Balaban J connectivity index is 1.69. The number of hydrogen-bond acceptors (Lipinski definition) is 3. The van der Waals surface area contributed by atoms with Gasteiger partial charge in [0.1, 0.15) is 0 Å². The average molecular weight is 379 g/mol. The van der Waals surface area contributed by atoms with Crippen molar-refractivity contribution in [1.29, 1.82) is 0 Å². The van der Waals surface area contributed by atoms with Crippen LogP contribution in [-0.2, 0) is 14.4 Å². The summed E-state index contributed by atoms with van der Waals surface area (Å²) in [5.74, 6) is -0.734. The third-order valence-electron chi connectivity index (χ3n) is 7.10. The van der Waals surface area contributed by atoms with Gasteiger partial charge in [-0.15, -0.1) is 0 Å². The molecular formula is C21H34N2O4. The van der Waals surface area contributed by atoms with E-state index in [1.165, 1.54) is 0 Å². The molecule has 1 saturated carbocycles. The molecule has 0 radical (unpaired) electrons. The normalized spacial score (nSPS) is 32.5. The fourth-order valence-electron chi connectivity index (χ4n) is 5.33. The first-order valence-electron chi connectivity index (χ1n) is 10.8. The molecule has 6 heteroatoms. The predicted molar refractivity (Wildman–Crippen MR) is 102 cm³/mol. The van der Waals surface area contributed by atoms with Crippen LogP contribution < -0.4 is 0 Å². The number of nitrogens with zero attached hydrogens (tertiary/aromatic N) is 2. The molecule has 3 rings (SSSR count). The first kappa shape index (κ1) is 20.2. The monoisotopic (exact) mass is 378 g/mol. The molecule has 5 unspecified atom stereocenters. The standard InChI is InChI=1S/C21H34N2O4/c1-3-14(2)19(24)22-11-6-7-15(13-22)20(25)23-12-10-17(21(26)27)16-8-4-5-9-18(16)23/h14-18H,3-13H2,1-2H3,(H,26,27). The fourth-order valence-corrected chi connectivity index (χ4v) is 5.33. The first-order valence-corrected chi connectivity index (χ1v) is 10.8. The summed E-state index contributed by atoms with van der Waals surface area (Å²) >= 11 is 0. The molecule has 0 aromatic rings. The second-order valence-corrected chi connectivity index (χ2v) is 8.71. The molecule has 0 aromatic carbocycles. The van der Waals surface area contributed by atoms with Gasteiger partial charge in [-0.05, 0) is 44.4 Å². The third kappa shape index (κ3) is 4.14. The molecule has 2 heterocycles. The second-order valence-electron chi connectivity index (χ2n) is 8.71. The number of carboxylic acid groups (broad SMARTS) is 1. The summed E-state index contributed by atoms with van der Waals surface area (Å²) in [4.78, 5) is 41.4. The van der Waals surface area contributed by atoms with E-state index >= 15 is 0 Å². The van der Waals surface area contributed by atoms with Gasteiger partial charge in [-0.25, -0.2) is 0 Å². The van der Waals surface area contributed by atoms with Crippen molar-refractivity contribution in [3.05, 3.63) is 0 Å². The molecule has 0 aromatic heterocycles. The van der Waals surface area contributed by atoms with Gasteiger partial charge in [0.25, 0.3) is 0 Å². The minimum atomic E-state index is -0.706. The summed E-state index contributed by atoms with van der Waals surface area (Å²) in [6.45, 7) is 5.80. The molecule has 3 aliphatic rings. The summed E-state index contributed by atoms with van der Waals surface area (Å²) in [5, 5.41) is 9.57. The van der Waals surface area contributed by atoms with Crippen LogP contribution in [0.15, 0.2) is 0 Å². The number of piperidine rings is 2. The van der Waals surface area contributed by atoms with Crippen LogP contribution in [0.3, 0.4) is 0 Å². The van der Waals surface area contributed by atoms with Crippen molar-refractivity contribution in [2.75, 3.05) is 19.6 Å². The molecule has 2 saturated heterocycles. The molecule has 1 aliphatic carbocycles. The minimum absolute atomic E-state index is 0.00730. The van der Waals surface area contributed by atoms with Crippen molar-refractivity contribution in [2.45, 2.75) is 71.3 Å². The first-order chi connectivity index (χ1) is 12.9. The van der Waals surface area contributed by atoms with Crippen LogP contribution in [0.1, 0.15) is 65.2 Å². The van der Waals surface area contributed by atoms with E-state index in [1.807, 2.05) is 23.6 Å². The maximum absolute atomic E-state index is 13.3. The van der Waals surface area contributed by atoms with Gasteiger partial charge >= 0.3 is 5.97 Å². The number of likely N-dealkylation sites (tertiary alicyclic amines) is 2. The molecule has 1 N–H and O–H groups in total. The summed E-state index contributed by atoms with van der Waals surface area (Å²) in [5.41, 5.74) is 0. The molecule has 2 amide bonds. The number of carbonyl (C=O) groups excluding carboxylic acids is 2. The Morgan fingerprint density at radius 3 is 2.48 bits per heavy atom. The topological polar surface area (TPSA) is 77.9 Å². The maximum atomic E-state index is 13.3. The van der Waals surface area contributed by atoms with E-state index in [9.17, 15) is 19.5 Å². The zero-order chi connectivity index (χ0) is 19.6. The smallest absolute Gasteiger partial charge is 0.306 e. The van der Waals surface area contributed by atoms with E-state index in [0.29, 0.717) is 19.5 Å². The lowest BCUT2D eigenvalue weighted by Crippen LogP contribution is -2.57. The van der Waals surface area contributed by atoms with Crippen molar-refractivity contribution in [1.82, 2.24) is 9.80 Å². The quantitative estimate of drug-likeness (QED) is 0.816. The molecule has 6 nitrogen and oxygen atoms in total. The summed E-state index contributed by atoms with van der Waals surface area (Å²) in [6, 6.07) is 0.0711. The van der Waals surface area contributed by atoms with Gasteiger partial charge in [0.05, 0.1) is 11.8 Å². The Morgan fingerprint density at radius 1 is 1.04 bits per heavy atom. The van der Waals surface area contributed by atoms with Gasteiger partial charge < -0.3 is 14.9 Å². The molecule has 27 heavy (non-hydrogen) atoms. The van der Waals surface area contributed by atoms with Crippen molar-refractivity contribution >= 4 is 17.8 Å². The predicted octanol–water partition coefficient (Wildman–Crippen LogP) is 2.76. The molecule has 0 bridgehead atoms. The largest absolute Gasteiger partial charge is 0.481 e. The molecule has 0 spiro atoms. The van der Waals surface area contributed by atoms with Crippen LogP contribution in [0.2, 0.25) is 0 Å². The molecule has 152 valence electrons. The Labute approximate surface area is 162 Å². The van der Waals surface area contributed by atoms with Crippen LogP contribution in [-0.4, -0.2) is 58.4 Å². The van der Waals surface area contributed by atoms with Crippen molar-refractivity contribution in [2.24, 2.45) is 23.7 Å². The van der Waals surface area contributed by atoms with E-state index in [2.05, 4.69) is 0 Å². The van der Waals surface area contributed by atoms with E-state index in [0.717, 1.165) is 51.5 Å². The van der Waals surface area contributed by atoms with Crippen LogP contribution in [0.5, 0.6) is 0 Å². The number of fused-ring (bicyclic) bond motifs is 1. The average Bonchev–Trinajstić information content (AvgIpc) is 2.71. The van der Waals surface area contributed by atoms with Gasteiger partial charge in [-0.2, -0.15) is 0 Å². The zero-order valence-electron chi connectivity index (χ0n) is 16.7. The summed E-state index contributed by atoms with van der Waals surface area (Å²) in [6.07, 6.45) is 7.05. The van der Waals surface area contributed by atoms with Crippen molar-refractivity contribution in [3.63, 3.8) is 0 Å². The number of aliphatic carboxylic acids is 1. The number of carbonyl (C=O) groups is 3. The van der Waals surface area contributed by atoms with Crippen molar-refractivity contribution in [3.8, 4) is 0 Å². The van der Waals surface area contributed by atoms with Gasteiger partial charge in [0.2, 0.25) is 11.8 Å². The fraction of sp³-hybridized carbons (Fsp3) is 0.857. The number of carboxylic acids is 1. The van der Waals surface area contributed by atoms with Gasteiger partial charge in [-0.1, -0.05) is 26.7 Å². The van der Waals surface area contributed by atoms with Crippen LogP contribution in [0, 0.1) is 23.7 Å². The number of hydrogen-bond donors (Lipinski definition) is 1. The molecule has 3 fully saturated rings. The molecule has 5 atom stereocenters. The number of amides is 2. The van der Waals surface area contributed by atoms with E-state index < -0.39 is 5.97 Å². The van der Waals surface area contributed by atoms with Gasteiger partial charge in [0, 0.05) is 31.6 Å². The lowest BCUT2D eigenvalue weighted by molar-refractivity contribution is -0.157. The summed E-state index contributed by atoms with van der Waals surface area (Å²) in [7, 11) is 0. The lowest BCUT2D eigenvalue weighted by atomic mass is 9.71. The molecular weight excluding hydrogens is 344 g/mol. The Bertz CT molecular complexity index is 579. The van der Waals surface area contributed by atoms with E-state index in [-0.39, 0.29) is 41.5 Å². The van der Waals surface area contributed by atoms with Crippen LogP contribution in [0.4, 0.5) is 0 Å². The Hall–Kier alpha value is -1.59. The second kappa shape index (κ2) is 8.61. The van der Waals surface area contributed by atoms with Crippen molar-refractivity contribution < 1.29 is 19.5 Å². The maximum Gasteiger partial charge on any atom is 0.306 e. The lowest BCUT2D eigenvalue weighted by Gasteiger charge is -2.48. The minimum Gasteiger partial charge on any atom is -0.481 e. The van der Waals surface area contributed by atoms with Crippen LogP contribution >= 0.6 is 0 Å². The summed E-state index contributed by atoms with van der Waals surface area (Å²) < 4.78 is 0. The highest BCUT2D eigenvalue weighted by Gasteiger charge is 2.45. The highest BCUT2D eigenvalue weighted by atomic mass is 16.4. The Kier molecular flexibility index (Phi) is 6.43. The van der Waals surface area contributed by atoms with Gasteiger partial charge in [0.15, 0.2) is 0 Å². The highest BCUT2D eigenvalue weighted by molar-refractivity contribution is 5.83. The van der Waals surface area contributed by atoms with Crippen LogP contribution in [0.25, 0.3) is 0 Å². The SMILES string of the molecule is CCC(C)C(=O)N1CCCC(C(=O)N2CCC(C(=O)O)C3CCCCC32)C1. The number of rotatable bonds is 4. The highest BCUT2D eigenvalue weighted by Crippen LogP contribution is 2.40. The van der Waals surface area contributed by atoms with E-state index in [4.69, 9.17) is 0 Å². The van der Waals surface area contributed by atoms with E-state index in [1.54, 1.807) is 0 Å². The van der Waals surface area contributed by atoms with Gasteiger partial charge in [-0.3, -0.25) is 14.4 Å². The molecule has 2 aliphatic heterocycles. The Morgan fingerprint density at radius 2 is 1.78 bits per heavy atom.